The van der Waals surface area contributed by atoms with Gasteiger partial charge in [-0.25, -0.2) is 4.98 Å². The highest BCUT2D eigenvalue weighted by molar-refractivity contribution is 7.17. The van der Waals surface area contributed by atoms with Gasteiger partial charge in [-0.2, -0.15) is 0 Å². The van der Waals surface area contributed by atoms with Crippen molar-refractivity contribution < 1.29 is 9.53 Å². The Morgan fingerprint density at radius 2 is 2.29 bits per heavy atom. The zero-order chi connectivity index (χ0) is 14.5. The van der Waals surface area contributed by atoms with Crippen molar-refractivity contribution in [3.63, 3.8) is 0 Å². The van der Waals surface area contributed by atoms with Crippen molar-refractivity contribution >= 4 is 46.1 Å². The van der Waals surface area contributed by atoms with Crippen LogP contribution < -0.4 is 11.1 Å². The van der Waals surface area contributed by atoms with Crippen LogP contribution in [0.15, 0.2) is 17.5 Å². The maximum Gasteiger partial charge on any atom is 0.245 e. The first-order valence-corrected chi connectivity index (χ1v) is 7.93. The maximum absolute atomic E-state index is 11.8. The molecular formula is C13H18ClN3O2S2. The fourth-order valence-electron chi connectivity index (χ4n) is 1.60. The molecule has 0 aliphatic heterocycles. The topological polar surface area (TPSA) is 77.2 Å². The summed E-state index contributed by atoms with van der Waals surface area (Å²) in [4.78, 5) is 18.6. The van der Waals surface area contributed by atoms with Crippen LogP contribution in [0.5, 0.6) is 0 Å². The molecule has 2 aromatic heterocycles. The van der Waals surface area contributed by atoms with Gasteiger partial charge in [0.2, 0.25) is 5.91 Å². The second kappa shape index (κ2) is 8.45. The van der Waals surface area contributed by atoms with E-state index in [1.165, 1.54) is 23.3 Å². The van der Waals surface area contributed by atoms with E-state index >= 15 is 0 Å². The Hall–Kier alpha value is -0.990. The Balaban J connectivity index is 0.00000220. The lowest BCUT2D eigenvalue weighted by Gasteiger charge is -2.08. The number of anilines is 1. The Morgan fingerprint density at radius 1 is 1.52 bits per heavy atom. The van der Waals surface area contributed by atoms with Crippen LogP contribution in [0.3, 0.4) is 0 Å². The van der Waals surface area contributed by atoms with Crippen LogP contribution in [0.25, 0.3) is 10.6 Å². The van der Waals surface area contributed by atoms with Crippen molar-refractivity contribution in [2.75, 3.05) is 19.0 Å². The molecule has 0 aliphatic rings. The molecule has 2 heterocycles. The number of carbonyl (C=O) groups is 1. The maximum atomic E-state index is 11.8. The summed E-state index contributed by atoms with van der Waals surface area (Å²) < 4.78 is 4.85. The highest BCUT2D eigenvalue weighted by atomic mass is 35.5. The van der Waals surface area contributed by atoms with Gasteiger partial charge in [-0.1, -0.05) is 6.92 Å². The van der Waals surface area contributed by atoms with E-state index in [1.807, 2.05) is 5.38 Å². The summed E-state index contributed by atoms with van der Waals surface area (Å²) in [5.74, 6) is -0.284. The van der Waals surface area contributed by atoms with Gasteiger partial charge in [0.15, 0.2) is 5.13 Å². The number of thiazole rings is 1. The van der Waals surface area contributed by atoms with Crippen LogP contribution in [0.4, 0.5) is 5.13 Å². The Kier molecular flexibility index (Phi) is 7.27. The van der Waals surface area contributed by atoms with E-state index < -0.39 is 6.04 Å². The van der Waals surface area contributed by atoms with Crippen molar-refractivity contribution in [1.82, 2.24) is 4.98 Å². The number of nitrogens with two attached hydrogens (primary N) is 1. The van der Waals surface area contributed by atoms with Crippen molar-refractivity contribution in [2.45, 2.75) is 19.4 Å². The summed E-state index contributed by atoms with van der Waals surface area (Å²) in [6.07, 6.45) is 1.02. The minimum atomic E-state index is -0.680. The van der Waals surface area contributed by atoms with Gasteiger partial charge in [0, 0.05) is 17.4 Å². The van der Waals surface area contributed by atoms with Crippen LogP contribution in [0.2, 0.25) is 0 Å². The van der Waals surface area contributed by atoms with Crippen molar-refractivity contribution in [3.05, 3.63) is 22.4 Å². The molecule has 21 heavy (non-hydrogen) atoms. The van der Waals surface area contributed by atoms with E-state index in [9.17, 15) is 4.79 Å². The number of amides is 1. The van der Waals surface area contributed by atoms with Crippen molar-refractivity contribution in [1.29, 1.82) is 0 Å². The first kappa shape index (κ1) is 18.1. The third kappa shape index (κ3) is 4.76. The minimum Gasteiger partial charge on any atom is -0.383 e. The van der Waals surface area contributed by atoms with E-state index in [2.05, 4.69) is 29.4 Å². The number of rotatable bonds is 6. The lowest BCUT2D eigenvalue weighted by Crippen LogP contribution is -2.39. The van der Waals surface area contributed by atoms with Crippen LogP contribution >= 0.6 is 35.1 Å². The van der Waals surface area contributed by atoms with Crippen LogP contribution in [0.1, 0.15) is 11.8 Å². The molecule has 5 nitrogen and oxygen atoms in total. The Morgan fingerprint density at radius 3 is 2.90 bits per heavy atom. The molecule has 3 N–H and O–H groups in total. The standard InChI is InChI=1S/C13H17N3O2S2.ClH/c1-3-8-4-5-11(20-8)10-7-19-13(15-10)16-12(17)9(14)6-18-2;/h4-5,7,9H,3,6,14H2,1-2H3,(H,15,16,17);1H. The summed E-state index contributed by atoms with van der Waals surface area (Å²) in [5, 5.41) is 5.20. The second-order valence-electron chi connectivity index (χ2n) is 4.21. The highest BCUT2D eigenvalue weighted by Crippen LogP contribution is 2.30. The molecule has 0 fully saturated rings. The molecule has 116 valence electrons. The second-order valence-corrected chi connectivity index (χ2v) is 6.23. The van der Waals surface area contributed by atoms with Gasteiger partial charge >= 0.3 is 0 Å². The summed E-state index contributed by atoms with van der Waals surface area (Å²) >= 11 is 3.11. The third-order valence-electron chi connectivity index (χ3n) is 2.68. The van der Waals surface area contributed by atoms with Gasteiger partial charge in [-0.3, -0.25) is 4.79 Å². The number of hydrogen-bond acceptors (Lipinski definition) is 6. The molecule has 8 heteroatoms. The van der Waals surface area contributed by atoms with E-state index in [0.29, 0.717) is 5.13 Å². The normalized spacial score (nSPS) is 11.8. The number of nitrogens with zero attached hydrogens (tertiary/aromatic N) is 1. The van der Waals surface area contributed by atoms with Crippen molar-refractivity contribution in [3.8, 4) is 10.6 Å². The molecule has 0 saturated carbocycles. The van der Waals surface area contributed by atoms with Crippen molar-refractivity contribution in [2.24, 2.45) is 5.73 Å². The number of nitrogens with one attached hydrogen (secondary N) is 1. The molecule has 0 bridgehead atoms. The van der Waals surface area contributed by atoms with Gasteiger partial charge in [0.05, 0.1) is 17.2 Å². The lowest BCUT2D eigenvalue weighted by molar-refractivity contribution is -0.118. The lowest BCUT2D eigenvalue weighted by atomic mass is 10.3. The van der Waals surface area contributed by atoms with Crippen LogP contribution in [-0.2, 0) is 16.0 Å². The summed E-state index contributed by atoms with van der Waals surface area (Å²) in [6, 6.07) is 3.48. The predicted molar refractivity (Wildman–Crippen MR) is 90.5 cm³/mol. The molecule has 0 radical (unpaired) electrons. The first-order valence-electron chi connectivity index (χ1n) is 6.24. The average Bonchev–Trinajstić information content (AvgIpc) is 3.07. The molecule has 2 aromatic rings. The van der Waals surface area contributed by atoms with Gasteiger partial charge in [0.1, 0.15) is 6.04 Å². The molecule has 1 atom stereocenters. The average molecular weight is 348 g/mol. The number of hydrogen-bond donors (Lipinski definition) is 2. The number of carbonyl (C=O) groups excluding carboxylic acids is 1. The zero-order valence-electron chi connectivity index (χ0n) is 11.8. The molecule has 0 saturated heterocycles. The summed E-state index contributed by atoms with van der Waals surface area (Å²) in [5.41, 5.74) is 6.54. The molecule has 0 spiro atoms. The van der Waals surface area contributed by atoms with E-state index in [1.54, 1.807) is 11.3 Å². The predicted octanol–water partition coefficient (Wildman–Crippen LogP) is 2.77. The Bertz CT molecular complexity index is 585. The smallest absolute Gasteiger partial charge is 0.245 e. The molecule has 0 aromatic carbocycles. The van der Waals surface area contributed by atoms with Gasteiger partial charge in [-0.15, -0.1) is 35.1 Å². The molecule has 1 unspecified atom stereocenters. The highest BCUT2D eigenvalue weighted by Gasteiger charge is 2.15. The molecular weight excluding hydrogens is 330 g/mol. The SMILES string of the molecule is CCc1ccc(-c2csc(NC(=O)C(N)COC)n2)s1.Cl. The first-order chi connectivity index (χ1) is 9.63. The van der Waals surface area contributed by atoms with Gasteiger partial charge < -0.3 is 15.8 Å². The molecule has 2 rings (SSSR count). The fourth-order valence-corrected chi connectivity index (χ4v) is 3.30. The number of aryl methyl sites for hydroxylation is 1. The number of methoxy groups -OCH3 is 1. The quantitative estimate of drug-likeness (QED) is 0.842. The number of thiophene rings is 1. The number of aromatic nitrogens is 1. The summed E-state index contributed by atoms with van der Waals surface area (Å²) in [7, 11) is 1.51. The van der Waals surface area contributed by atoms with Gasteiger partial charge in [-0.05, 0) is 18.6 Å². The van der Waals surface area contributed by atoms with E-state index in [4.69, 9.17) is 10.5 Å². The zero-order valence-corrected chi connectivity index (χ0v) is 14.2. The minimum absolute atomic E-state index is 0. The number of halogens is 1. The largest absolute Gasteiger partial charge is 0.383 e. The van der Waals surface area contributed by atoms with Crippen LogP contribution in [-0.4, -0.2) is 30.6 Å². The third-order valence-corrected chi connectivity index (χ3v) is 4.69. The Labute approximate surface area is 137 Å². The van der Waals surface area contributed by atoms with Crippen LogP contribution in [0, 0.1) is 0 Å². The molecule has 1 amide bonds. The molecule has 0 aliphatic carbocycles. The summed E-state index contributed by atoms with van der Waals surface area (Å²) in [6.45, 7) is 2.31. The van der Waals surface area contributed by atoms with E-state index in [-0.39, 0.29) is 24.9 Å². The fraction of sp³-hybridized carbons (Fsp3) is 0.385. The number of ether oxygens (including phenoxy) is 1. The van der Waals surface area contributed by atoms with Gasteiger partial charge in [0.25, 0.3) is 0 Å². The van der Waals surface area contributed by atoms with E-state index in [0.717, 1.165) is 17.0 Å². The monoisotopic (exact) mass is 347 g/mol.